The summed E-state index contributed by atoms with van der Waals surface area (Å²) < 4.78 is 65.9. The first-order chi connectivity index (χ1) is 18.4. The molecule has 0 aliphatic heterocycles. The van der Waals surface area contributed by atoms with E-state index in [-0.39, 0.29) is 27.8 Å². The van der Waals surface area contributed by atoms with Gasteiger partial charge >= 0.3 is 0 Å². The molecule has 0 spiro atoms. The minimum atomic E-state index is -4.07. The van der Waals surface area contributed by atoms with E-state index in [9.17, 15) is 12.6 Å². The van der Waals surface area contributed by atoms with Crippen molar-refractivity contribution in [2.75, 3.05) is 18.9 Å². The lowest BCUT2D eigenvalue weighted by atomic mass is 10.2. The Balaban J connectivity index is 1.57. The Morgan fingerprint density at radius 1 is 1.10 bits per heavy atom. The van der Waals surface area contributed by atoms with Crippen LogP contribution in [0.3, 0.4) is 0 Å². The van der Waals surface area contributed by atoms with Crippen LogP contribution in [0, 0.1) is 0 Å². The van der Waals surface area contributed by atoms with Gasteiger partial charge in [-0.05, 0) is 44.9 Å². The van der Waals surface area contributed by atoms with Crippen molar-refractivity contribution in [1.82, 2.24) is 14.9 Å². The third-order valence-corrected chi connectivity index (χ3v) is 9.21. The Bertz CT molecular complexity index is 1610. The monoisotopic (exact) mass is 594 g/mol. The maximum Gasteiger partial charge on any atom is 0.278 e. The van der Waals surface area contributed by atoms with E-state index < -0.39 is 25.8 Å². The van der Waals surface area contributed by atoms with Gasteiger partial charge in [0, 0.05) is 17.5 Å². The maximum absolute atomic E-state index is 13.3. The zero-order chi connectivity index (χ0) is 28.4. The number of benzene rings is 2. The quantitative estimate of drug-likeness (QED) is 0.245. The van der Waals surface area contributed by atoms with E-state index in [0.717, 1.165) is 5.56 Å². The summed E-state index contributed by atoms with van der Waals surface area (Å²) in [5.74, 6) is 0.814. The Hall–Kier alpha value is -3.20. The summed E-state index contributed by atoms with van der Waals surface area (Å²) in [6, 6.07) is 8.13. The van der Waals surface area contributed by atoms with Gasteiger partial charge < -0.3 is 18.7 Å². The summed E-state index contributed by atoms with van der Waals surface area (Å²) in [4.78, 5) is 4.41. The van der Waals surface area contributed by atoms with E-state index in [1.54, 1.807) is 29.6 Å². The molecule has 210 valence electrons. The number of ether oxygens (including phenoxy) is 3. The molecule has 0 aliphatic rings. The Kier molecular flexibility index (Phi) is 8.49. The zero-order valence-corrected chi connectivity index (χ0v) is 24.8. The smallest absolute Gasteiger partial charge is 0.278 e. The molecule has 39 heavy (non-hydrogen) atoms. The SMILES string of the molecule is CCc1ccc(OC)c(S(=O)(=O)Nc2noc3cc(Oc4nc(CNS(=O)C(C)(C)C)cs4)cc(OC)c23)c1. The Labute approximate surface area is 233 Å². The van der Waals surface area contributed by atoms with Gasteiger partial charge in [-0.2, -0.15) is 0 Å². The predicted octanol–water partition coefficient (Wildman–Crippen LogP) is 5.01. The summed E-state index contributed by atoms with van der Waals surface area (Å²) >= 11 is 1.28. The highest BCUT2D eigenvalue weighted by Crippen LogP contribution is 2.39. The minimum absolute atomic E-state index is 0.0141. The first-order valence-electron chi connectivity index (χ1n) is 11.9. The van der Waals surface area contributed by atoms with Gasteiger partial charge in [0.05, 0.1) is 42.2 Å². The first kappa shape index (κ1) is 28.8. The third-order valence-electron chi connectivity index (χ3n) is 5.56. The number of fused-ring (bicyclic) bond motifs is 1. The molecule has 2 N–H and O–H groups in total. The van der Waals surface area contributed by atoms with Gasteiger partial charge in [-0.25, -0.2) is 22.3 Å². The number of rotatable bonds is 11. The van der Waals surface area contributed by atoms with Gasteiger partial charge in [0.15, 0.2) is 11.4 Å². The fourth-order valence-electron chi connectivity index (χ4n) is 3.51. The van der Waals surface area contributed by atoms with Crippen LogP contribution in [0.5, 0.6) is 22.4 Å². The number of hydrogen-bond donors (Lipinski definition) is 2. The summed E-state index contributed by atoms with van der Waals surface area (Å²) in [6.07, 6.45) is 0.656. The first-order valence-corrected chi connectivity index (χ1v) is 15.4. The molecule has 0 bridgehead atoms. The Morgan fingerprint density at radius 3 is 2.51 bits per heavy atom. The second kappa shape index (κ2) is 11.5. The van der Waals surface area contributed by atoms with Crippen LogP contribution in [0.1, 0.15) is 39.0 Å². The van der Waals surface area contributed by atoms with Crippen LogP contribution < -0.4 is 23.7 Å². The number of methoxy groups -OCH3 is 2. The summed E-state index contributed by atoms with van der Waals surface area (Å²) in [7, 11) is -2.45. The molecule has 2 heterocycles. The average Bonchev–Trinajstić information content (AvgIpc) is 3.52. The summed E-state index contributed by atoms with van der Waals surface area (Å²) in [5.41, 5.74) is 1.76. The number of thiazole rings is 1. The molecule has 4 rings (SSSR count). The molecular weight excluding hydrogens is 564 g/mol. The number of sulfonamides is 1. The molecule has 0 aliphatic carbocycles. The van der Waals surface area contributed by atoms with Crippen molar-refractivity contribution in [2.45, 2.75) is 50.3 Å². The molecule has 11 nitrogen and oxygen atoms in total. The van der Waals surface area contributed by atoms with Gasteiger partial charge in [-0.3, -0.25) is 4.72 Å². The largest absolute Gasteiger partial charge is 0.496 e. The molecule has 14 heteroatoms. The highest BCUT2D eigenvalue weighted by Gasteiger charge is 2.25. The van der Waals surface area contributed by atoms with Crippen LogP contribution in [0.15, 0.2) is 45.1 Å². The maximum atomic E-state index is 13.3. The van der Waals surface area contributed by atoms with Crippen molar-refractivity contribution in [3.63, 3.8) is 0 Å². The van der Waals surface area contributed by atoms with Crippen LogP contribution in [0.2, 0.25) is 0 Å². The van der Waals surface area contributed by atoms with Crippen molar-refractivity contribution < 1.29 is 31.4 Å². The number of hydrogen-bond acceptors (Lipinski definition) is 10. The standard InChI is InChI=1S/C25H30N4O7S3/c1-7-15-8-9-18(33-5)21(10-15)39(31,32)29-23-22-19(34-6)11-17(12-20(22)36-28-23)35-24-27-16(14-37-24)13-26-38(30)25(2,3)4/h8-12,14,26H,7,13H2,1-6H3,(H,28,29). The van der Waals surface area contributed by atoms with E-state index in [2.05, 4.69) is 19.6 Å². The fraction of sp³-hybridized carbons (Fsp3) is 0.360. The average molecular weight is 595 g/mol. The van der Waals surface area contributed by atoms with Crippen LogP contribution in [0.4, 0.5) is 5.82 Å². The fourth-order valence-corrected chi connectivity index (χ4v) is 6.13. The molecule has 0 saturated carbocycles. The number of nitrogens with one attached hydrogen (secondary N) is 2. The van der Waals surface area contributed by atoms with Gasteiger partial charge in [-0.1, -0.05) is 29.5 Å². The van der Waals surface area contributed by atoms with Gasteiger partial charge in [-0.15, -0.1) is 0 Å². The van der Waals surface area contributed by atoms with E-state index in [1.165, 1.54) is 25.6 Å². The zero-order valence-electron chi connectivity index (χ0n) is 22.4. The third kappa shape index (κ3) is 6.52. The molecule has 2 aromatic heterocycles. The molecular formula is C25H30N4O7S3. The lowest BCUT2D eigenvalue weighted by molar-refractivity contribution is 0.402. The molecule has 0 radical (unpaired) electrons. The lowest BCUT2D eigenvalue weighted by Crippen LogP contribution is -2.32. The van der Waals surface area contributed by atoms with Crippen molar-refractivity contribution >= 4 is 49.1 Å². The Morgan fingerprint density at radius 2 is 1.85 bits per heavy atom. The van der Waals surface area contributed by atoms with Crippen LogP contribution in [-0.2, 0) is 34.0 Å². The molecule has 4 aromatic rings. The van der Waals surface area contributed by atoms with Crippen LogP contribution in [-0.4, -0.2) is 41.7 Å². The second-order valence-corrected chi connectivity index (χ2v) is 13.9. The van der Waals surface area contributed by atoms with E-state index >= 15 is 0 Å². The topological polar surface area (TPSA) is 142 Å². The molecule has 0 saturated heterocycles. The highest BCUT2D eigenvalue weighted by molar-refractivity contribution is 7.92. The summed E-state index contributed by atoms with van der Waals surface area (Å²) in [6.45, 7) is 7.91. The van der Waals surface area contributed by atoms with Gasteiger partial charge in [0.25, 0.3) is 15.2 Å². The summed E-state index contributed by atoms with van der Waals surface area (Å²) in [5, 5.41) is 6.43. The van der Waals surface area contributed by atoms with Crippen molar-refractivity contribution in [1.29, 1.82) is 0 Å². The normalized spacial score (nSPS) is 12.9. The van der Waals surface area contributed by atoms with Crippen LogP contribution >= 0.6 is 11.3 Å². The minimum Gasteiger partial charge on any atom is -0.496 e. The molecule has 0 amide bonds. The number of aryl methyl sites for hydroxylation is 1. The van der Waals surface area contributed by atoms with Crippen molar-refractivity contribution in [3.05, 3.63) is 47.0 Å². The predicted molar refractivity (Wildman–Crippen MR) is 151 cm³/mol. The molecule has 1 unspecified atom stereocenters. The van der Waals surface area contributed by atoms with Gasteiger partial charge in [0.2, 0.25) is 0 Å². The van der Waals surface area contributed by atoms with E-state index in [0.29, 0.717) is 35.0 Å². The number of anilines is 1. The molecule has 0 fully saturated rings. The van der Waals surface area contributed by atoms with E-state index in [1.807, 2.05) is 33.8 Å². The lowest BCUT2D eigenvalue weighted by Gasteiger charge is -2.17. The molecule has 2 aromatic carbocycles. The molecule has 1 atom stereocenters. The second-order valence-electron chi connectivity index (χ2n) is 9.38. The van der Waals surface area contributed by atoms with E-state index in [4.69, 9.17) is 18.7 Å². The van der Waals surface area contributed by atoms with Crippen molar-refractivity contribution in [2.24, 2.45) is 0 Å². The van der Waals surface area contributed by atoms with Gasteiger partial charge in [0.1, 0.15) is 27.5 Å². The highest BCUT2D eigenvalue weighted by atomic mass is 32.2. The van der Waals surface area contributed by atoms with Crippen molar-refractivity contribution in [3.8, 4) is 22.4 Å². The number of nitrogens with zero attached hydrogens (tertiary/aromatic N) is 2. The number of aromatic nitrogens is 2. The van der Waals surface area contributed by atoms with Crippen LogP contribution in [0.25, 0.3) is 11.0 Å².